The van der Waals surface area contributed by atoms with E-state index in [1.165, 1.54) is 11.3 Å². The van der Waals surface area contributed by atoms with Crippen LogP contribution in [0.4, 0.5) is 0 Å². The van der Waals surface area contributed by atoms with E-state index in [1.807, 2.05) is 24.3 Å². The van der Waals surface area contributed by atoms with Crippen LogP contribution in [0.25, 0.3) is 0 Å². The van der Waals surface area contributed by atoms with Crippen molar-refractivity contribution >= 4 is 5.71 Å². The third-order valence-electron chi connectivity index (χ3n) is 2.17. The van der Waals surface area contributed by atoms with E-state index in [4.69, 9.17) is 0 Å². The molecule has 1 aromatic heterocycles. The van der Waals surface area contributed by atoms with Gasteiger partial charge in [-0.2, -0.15) is 5.10 Å². The quantitative estimate of drug-likeness (QED) is 0.678. The van der Waals surface area contributed by atoms with Crippen molar-refractivity contribution in [2.75, 3.05) is 13.6 Å². The van der Waals surface area contributed by atoms with Gasteiger partial charge in [0.15, 0.2) is 0 Å². The molecule has 68 valence electrons. The van der Waals surface area contributed by atoms with Crippen LogP contribution in [0.1, 0.15) is 12.0 Å². The molecule has 0 saturated carbocycles. The van der Waals surface area contributed by atoms with Crippen LogP contribution < -0.4 is 0 Å². The van der Waals surface area contributed by atoms with Gasteiger partial charge in [-0.1, -0.05) is 6.07 Å². The monoisotopic (exact) mass is 175 g/mol. The van der Waals surface area contributed by atoms with Crippen molar-refractivity contribution in [3.8, 4) is 0 Å². The van der Waals surface area contributed by atoms with E-state index in [0.717, 1.165) is 19.4 Å². The third-order valence-corrected chi connectivity index (χ3v) is 2.17. The van der Waals surface area contributed by atoms with E-state index < -0.39 is 0 Å². The minimum Gasteiger partial charge on any atom is -0.300 e. The molecule has 0 fully saturated rings. The molecule has 2 heterocycles. The average molecular weight is 175 g/mol. The number of rotatable bonds is 2. The molecule has 3 heteroatoms. The van der Waals surface area contributed by atoms with Crippen LogP contribution in [0.15, 0.2) is 29.6 Å². The van der Waals surface area contributed by atoms with Crippen LogP contribution >= 0.6 is 0 Å². The number of hydrazone groups is 1. The summed E-state index contributed by atoms with van der Waals surface area (Å²) in [5.74, 6) is 0. The fourth-order valence-corrected chi connectivity index (χ4v) is 1.49. The SMILES string of the molecule is CN1CCC(Cc2cccnc2)=N1. The summed E-state index contributed by atoms with van der Waals surface area (Å²) >= 11 is 0. The highest BCUT2D eigenvalue weighted by Gasteiger charge is 2.10. The Bertz CT molecular complexity index is 305. The van der Waals surface area contributed by atoms with E-state index in [1.54, 1.807) is 6.20 Å². The largest absolute Gasteiger partial charge is 0.300 e. The van der Waals surface area contributed by atoms with Gasteiger partial charge in [-0.3, -0.25) is 9.99 Å². The summed E-state index contributed by atoms with van der Waals surface area (Å²) in [5.41, 5.74) is 2.51. The van der Waals surface area contributed by atoms with Crippen LogP contribution in [-0.2, 0) is 6.42 Å². The minimum atomic E-state index is 0.943. The molecule has 1 aromatic rings. The van der Waals surface area contributed by atoms with E-state index in [-0.39, 0.29) is 0 Å². The minimum absolute atomic E-state index is 0.943. The molecule has 0 N–H and O–H groups in total. The van der Waals surface area contributed by atoms with Gasteiger partial charge in [0.05, 0.1) is 0 Å². The fraction of sp³-hybridized carbons (Fsp3) is 0.400. The van der Waals surface area contributed by atoms with Gasteiger partial charge < -0.3 is 0 Å². The molecule has 0 amide bonds. The van der Waals surface area contributed by atoms with Gasteiger partial charge in [0.2, 0.25) is 0 Å². The van der Waals surface area contributed by atoms with Crippen LogP contribution in [0.5, 0.6) is 0 Å². The van der Waals surface area contributed by atoms with Gasteiger partial charge in [-0.15, -0.1) is 0 Å². The van der Waals surface area contributed by atoms with Crippen molar-refractivity contribution < 1.29 is 0 Å². The predicted molar refractivity (Wildman–Crippen MR) is 52.6 cm³/mol. The Balaban J connectivity index is 2.03. The van der Waals surface area contributed by atoms with Gasteiger partial charge in [-0.05, 0) is 11.6 Å². The van der Waals surface area contributed by atoms with E-state index in [9.17, 15) is 0 Å². The van der Waals surface area contributed by atoms with Gasteiger partial charge in [0, 0.05) is 44.5 Å². The van der Waals surface area contributed by atoms with Crippen molar-refractivity contribution in [1.29, 1.82) is 0 Å². The molecule has 1 aliphatic heterocycles. The first kappa shape index (κ1) is 8.23. The maximum atomic E-state index is 4.41. The van der Waals surface area contributed by atoms with Crippen molar-refractivity contribution in [2.45, 2.75) is 12.8 Å². The number of aromatic nitrogens is 1. The first-order chi connectivity index (χ1) is 6.34. The molecule has 0 aromatic carbocycles. The Hall–Kier alpha value is -1.38. The predicted octanol–water partition coefficient (Wildman–Crippen LogP) is 1.32. The Morgan fingerprint density at radius 3 is 3.08 bits per heavy atom. The van der Waals surface area contributed by atoms with Gasteiger partial charge in [-0.25, -0.2) is 0 Å². The highest BCUT2D eigenvalue weighted by Crippen LogP contribution is 2.08. The van der Waals surface area contributed by atoms with Crippen molar-refractivity contribution in [1.82, 2.24) is 9.99 Å². The van der Waals surface area contributed by atoms with Crippen LogP contribution in [0, 0.1) is 0 Å². The van der Waals surface area contributed by atoms with Crippen LogP contribution in [0.2, 0.25) is 0 Å². The summed E-state index contributed by atoms with van der Waals surface area (Å²) in [6.07, 6.45) is 5.73. The second kappa shape index (κ2) is 3.56. The zero-order chi connectivity index (χ0) is 9.10. The second-order valence-corrected chi connectivity index (χ2v) is 3.34. The van der Waals surface area contributed by atoms with Crippen LogP contribution in [-0.4, -0.2) is 29.3 Å². The standard InChI is InChI=1S/C10H13N3/c1-13-6-4-10(12-13)7-9-3-2-5-11-8-9/h2-3,5,8H,4,6-7H2,1H3. The lowest BCUT2D eigenvalue weighted by Crippen LogP contribution is -2.04. The first-order valence-corrected chi connectivity index (χ1v) is 4.51. The summed E-state index contributed by atoms with van der Waals surface area (Å²) in [6.45, 7) is 1.05. The Morgan fingerprint density at radius 2 is 2.46 bits per heavy atom. The second-order valence-electron chi connectivity index (χ2n) is 3.34. The summed E-state index contributed by atoms with van der Waals surface area (Å²) in [4.78, 5) is 4.08. The smallest absolute Gasteiger partial charge is 0.0443 e. The zero-order valence-electron chi connectivity index (χ0n) is 7.77. The number of hydrogen-bond acceptors (Lipinski definition) is 3. The van der Waals surface area contributed by atoms with E-state index in [0.29, 0.717) is 0 Å². The molecule has 0 aliphatic carbocycles. The van der Waals surface area contributed by atoms with Crippen LogP contribution in [0.3, 0.4) is 0 Å². The molecule has 3 nitrogen and oxygen atoms in total. The normalized spacial score (nSPS) is 16.1. The molecule has 1 aliphatic rings. The van der Waals surface area contributed by atoms with Crippen molar-refractivity contribution in [3.05, 3.63) is 30.1 Å². The molecule has 0 spiro atoms. The molecule has 13 heavy (non-hydrogen) atoms. The molecule has 0 saturated heterocycles. The summed E-state index contributed by atoms with van der Waals surface area (Å²) < 4.78 is 0. The molecule has 2 rings (SSSR count). The maximum absolute atomic E-state index is 4.41. The van der Waals surface area contributed by atoms with Crippen molar-refractivity contribution in [2.24, 2.45) is 5.10 Å². The molecule has 0 unspecified atom stereocenters. The summed E-state index contributed by atoms with van der Waals surface area (Å²) in [5, 5.41) is 6.40. The van der Waals surface area contributed by atoms with E-state index in [2.05, 4.69) is 16.2 Å². The lowest BCUT2D eigenvalue weighted by atomic mass is 10.1. The molecule has 0 atom stereocenters. The Morgan fingerprint density at radius 1 is 1.54 bits per heavy atom. The topological polar surface area (TPSA) is 28.5 Å². The van der Waals surface area contributed by atoms with Gasteiger partial charge in [0.25, 0.3) is 0 Å². The zero-order valence-corrected chi connectivity index (χ0v) is 7.77. The summed E-state index contributed by atoms with van der Waals surface area (Å²) in [6, 6.07) is 4.06. The highest BCUT2D eigenvalue weighted by molar-refractivity contribution is 5.87. The highest BCUT2D eigenvalue weighted by atomic mass is 15.5. The number of nitrogens with zero attached hydrogens (tertiary/aromatic N) is 3. The maximum Gasteiger partial charge on any atom is 0.0443 e. The lowest BCUT2D eigenvalue weighted by Gasteiger charge is -2.01. The molecule has 0 bridgehead atoms. The average Bonchev–Trinajstić information content (AvgIpc) is 2.53. The summed E-state index contributed by atoms with van der Waals surface area (Å²) in [7, 11) is 2.01. The Kier molecular flexibility index (Phi) is 2.25. The molecule has 0 radical (unpaired) electrons. The molecular weight excluding hydrogens is 162 g/mol. The lowest BCUT2D eigenvalue weighted by molar-refractivity contribution is 0.393. The third kappa shape index (κ3) is 2.05. The van der Waals surface area contributed by atoms with Gasteiger partial charge >= 0.3 is 0 Å². The number of pyridine rings is 1. The number of hydrogen-bond donors (Lipinski definition) is 0. The Labute approximate surface area is 78.1 Å². The van der Waals surface area contributed by atoms with Crippen molar-refractivity contribution in [3.63, 3.8) is 0 Å². The fourth-order valence-electron chi connectivity index (χ4n) is 1.49. The van der Waals surface area contributed by atoms with E-state index >= 15 is 0 Å². The molecular formula is C10H13N3. The van der Waals surface area contributed by atoms with Gasteiger partial charge in [0.1, 0.15) is 0 Å². The first-order valence-electron chi connectivity index (χ1n) is 4.51.